The van der Waals surface area contributed by atoms with Gasteiger partial charge < -0.3 is 10.2 Å². The first-order valence-electron chi connectivity index (χ1n) is 9.37. The molecule has 2 fully saturated rings. The van der Waals surface area contributed by atoms with Crippen molar-refractivity contribution in [2.75, 3.05) is 18.5 Å². The van der Waals surface area contributed by atoms with Crippen molar-refractivity contribution in [2.45, 2.75) is 31.7 Å². The largest absolute Gasteiger partial charge is 0.365 e. The fraction of sp³-hybridized carbons (Fsp3) is 0.409. The fourth-order valence-electron chi connectivity index (χ4n) is 3.73. The molecule has 0 spiro atoms. The lowest BCUT2D eigenvalue weighted by Gasteiger charge is -2.24. The number of benzene rings is 2. The monoisotopic (exact) mass is 334 g/mol. The molecule has 0 radical (unpaired) electrons. The van der Waals surface area contributed by atoms with Crippen LogP contribution in [0.5, 0.6) is 0 Å². The average molecular weight is 334 g/mol. The van der Waals surface area contributed by atoms with Crippen LogP contribution in [0.15, 0.2) is 54.6 Å². The first kappa shape index (κ1) is 16.2. The summed E-state index contributed by atoms with van der Waals surface area (Å²) < 4.78 is 0. The van der Waals surface area contributed by atoms with Crippen LogP contribution in [0.4, 0.5) is 5.69 Å². The molecule has 2 aromatic carbocycles. The molecule has 0 heterocycles. The van der Waals surface area contributed by atoms with Crippen LogP contribution in [0.1, 0.15) is 25.7 Å². The Kier molecular flexibility index (Phi) is 4.48. The van der Waals surface area contributed by atoms with Crippen LogP contribution in [0.2, 0.25) is 0 Å². The van der Waals surface area contributed by atoms with Crippen molar-refractivity contribution in [1.82, 2.24) is 5.32 Å². The third-order valence-electron chi connectivity index (χ3n) is 5.37. The Bertz CT molecular complexity index is 723. The van der Waals surface area contributed by atoms with Crippen molar-refractivity contribution in [3.8, 4) is 11.1 Å². The lowest BCUT2D eigenvalue weighted by atomic mass is 10.0. The van der Waals surface area contributed by atoms with Gasteiger partial charge in [0.1, 0.15) is 0 Å². The molecule has 0 unspecified atom stereocenters. The summed E-state index contributed by atoms with van der Waals surface area (Å²) in [7, 11) is 2.00. The Morgan fingerprint density at radius 1 is 1.00 bits per heavy atom. The lowest BCUT2D eigenvalue weighted by Crippen LogP contribution is -2.43. The predicted molar refractivity (Wildman–Crippen MR) is 103 cm³/mol. The summed E-state index contributed by atoms with van der Waals surface area (Å²) in [6, 6.07) is 19.1. The smallest absolute Gasteiger partial charge is 0.239 e. The van der Waals surface area contributed by atoms with Gasteiger partial charge in [-0.15, -0.1) is 0 Å². The van der Waals surface area contributed by atoms with E-state index < -0.39 is 0 Å². The van der Waals surface area contributed by atoms with Crippen molar-refractivity contribution >= 4 is 11.6 Å². The molecule has 0 bridgehead atoms. The van der Waals surface area contributed by atoms with Gasteiger partial charge in [0.05, 0.1) is 6.54 Å². The van der Waals surface area contributed by atoms with E-state index in [0.717, 1.165) is 17.5 Å². The van der Waals surface area contributed by atoms with Crippen LogP contribution in [-0.4, -0.2) is 25.5 Å². The van der Waals surface area contributed by atoms with E-state index in [1.54, 1.807) is 0 Å². The lowest BCUT2D eigenvalue weighted by molar-refractivity contribution is -0.120. The third-order valence-corrected chi connectivity index (χ3v) is 5.37. The van der Waals surface area contributed by atoms with E-state index in [1.165, 1.54) is 36.8 Å². The molecule has 3 heteroatoms. The summed E-state index contributed by atoms with van der Waals surface area (Å²) in [5.74, 6) is 1.62. The van der Waals surface area contributed by atoms with Crippen LogP contribution in [0, 0.1) is 11.8 Å². The van der Waals surface area contributed by atoms with Gasteiger partial charge in [-0.1, -0.05) is 48.5 Å². The average Bonchev–Trinajstić information content (AvgIpc) is 3.54. The van der Waals surface area contributed by atoms with Crippen molar-refractivity contribution in [3.05, 3.63) is 54.6 Å². The maximum absolute atomic E-state index is 12.6. The molecule has 2 aliphatic carbocycles. The summed E-state index contributed by atoms with van der Waals surface area (Å²) in [6.07, 6.45) is 5.14. The highest BCUT2D eigenvalue weighted by molar-refractivity contribution is 5.85. The normalized spacial score (nSPS) is 16.7. The highest BCUT2D eigenvalue weighted by Gasteiger charge is 2.42. The zero-order chi connectivity index (χ0) is 17.2. The number of rotatable bonds is 7. The summed E-state index contributed by atoms with van der Waals surface area (Å²) in [5.41, 5.74) is 3.44. The Labute approximate surface area is 150 Å². The van der Waals surface area contributed by atoms with E-state index in [0.29, 0.717) is 12.6 Å². The quantitative estimate of drug-likeness (QED) is 0.827. The summed E-state index contributed by atoms with van der Waals surface area (Å²) in [4.78, 5) is 14.7. The minimum Gasteiger partial charge on any atom is -0.365 e. The van der Waals surface area contributed by atoms with Crippen molar-refractivity contribution < 1.29 is 4.79 Å². The van der Waals surface area contributed by atoms with Gasteiger partial charge in [0, 0.05) is 24.3 Å². The maximum atomic E-state index is 12.6. The van der Waals surface area contributed by atoms with E-state index in [2.05, 4.69) is 52.7 Å². The number of likely N-dealkylation sites (N-methyl/N-ethyl adjacent to an activating group) is 1. The number of amides is 1. The highest BCUT2D eigenvalue weighted by atomic mass is 16.2. The maximum Gasteiger partial charge on any atom is 0.239 e. The second-order valence-electron chi connectivity index (χ2n) is 7.51. The number of carbonyl (C=O) groups is 1. The topological polar surface area (TPSA) is 32.3 Å². The molecule has 0 aliphatic heterocycles. The SMILES string of the molecule is CN(CC(=O)NC(C1CC1)C1CC1)c1ccccc1-c1ccccc1. The van der Waals surface area contributed by atoms with Gasteiger partial charge in [0.15, 0.2) is 0 Å². The number of nitrogens with one attached hydrogen (secondary N) is 1. The molecular formula is C22H26N2O. The van der Waals surface area contributed by atoms with Crippen molar-refractivity contribution in [2.24, 2.45) is 11.8 Å². The fourth-order valence-corrected chi connectivity index (χ4v) is 3.73. The van der Waals surface area contributed by atoms with E-state index in [4.69, 9.17) is 0 Å². The molecule has 0 atom stereocenters. The van der Waals surface area contributed by atoms with Gasteiger partial charge in [-0.05, 0) is 49.1 Å². The van der Waals surface area contributed by atoms with Gasteiger partial charge in [-0.25, -0.2) is 0 Å². The molecular weight excluding hydrogens is 308 g/mol. The Balaban J connectivity index is 1.46. The molecule has 130 valence electrons. The molecule has 2 saturated carbocycles. The van der Waals surface area contributed by atoms with Gasteiger partial charge in [-0.2, -0.15) is 0 Å². The highest BCUT2D eigenvalue weighted by Crippen LogP contribution is 2.44. The number of anilines is 1. The molecule has 25 heavy (non-hydrogen) atoms. The van der Waals surface area contributed by atoms with Crippen LogP contribution in [-0.2, 0) is 4.79 Å². The van der Waals surface area contributed by atoms with E-state index in [1.807, 2.05) is 19.2 Å². The van der Waals surface area contributed by atoms with Crippen molar-refractivity contribution in [1.29, 1.82) is 0 Å². The number of para-hydroxylation sites is 1. The first-order chi connectivity index (χ1) is 12.2. The predicted octanol–water partition coefficient (Wildman–Crippen LogP) is 4.09. The van der Waals surface area contributed by atoms with Crippen LogP contribution < -0.4 is 10.2 Å². The number of hydrogen-bond acceptors (Lipinski definition) is 2. The second-order valence-corrected chi connectivity index (χ2v) is 7.51. The van der Waals surface area contributed by atoms with Gasteiger partial charge in [0.2, 0.25) is 5.91 Å². The summed E-state index contributed by atoms with van der Waals surface area (Å²) >= 11 is 0. The minimum absolute atomic E-state index is 0.147. The molecule has 1 amide bonds. The summed E-state index contributed by atoms with van der Waals surface area (Å²) in [6.45, 7) is 0.403. The Hall–Kier alpha value is -2.29. The third kappa shape index (κ3) is 3.87. The van der Waals surface area contributed by atoms with E-state index in [-0.39, 0.29) is 5.91 Å². The van der Waals surface area contributed by atoms with E-state index in [9.17, 15) is 4.79 Å². The first-order valence-corrected chi connectivity index (χ1v) is 9.37. The molecule has 0 aromatic heterocycles. The number of hydrogen-bond donors (Lipinski definition) is 1. The zero-order valence-corrected chi connectivity index (χ0v) is 14.8. The van der Waals surface area contributed by atoms with Crippen molar-refractivity contribution in [3.63, 3.8) is 0 Å². The molecule has 3 nitrogen and oxygen atoms in total. The zero-order valence-electron chi connectivity index (χ0n) is 14.8. The van der Waals surface area contributed by atoms with Gasteiger partial charge in [0.25, 0.3) is 0 Å². The van der Waals surface area contributed by atoms with Gasteiger partial charge in [-0.3, -0.25) is 4.79 Å². The number of carbonyl (C=O) groups excluding carboxylic acids is 1. The van der Waals surface area contributed by atoms with Crippen LogP contribution in [0.3, 0.4) is 0 Å². The summed E-state index contributed by atoms with van der Waals surface area (Å²) in [5, 5.41) is 3.32. The standard InChI is InChI=1S/C22H26N2O/c1-24(15-21(25)23-22(17-11-12-17)18-13-14-18)20-10-6-5-9-19(20)16-7-3-2-4-8-16/h2-10,17-18,22H,11-15H2,1H3,(H,23,25). The molecule has 0 saturated heterocycles. The van der Waals surface area contributed by atoms with Gasteiger partial charge >= 0.3 is 0 Å². The Morgan fingerprint density at radius 3 is 2.24 bits per heavy atom. The minimum atomic E-state index is 0.147. The second kappa shape index (κ2) is 6.91. The molecule has 2 aromatic rings. The van der Waals surface area contributed by atoms with Crippen LogP contribution in [0.25, 0.3) is 11.1 Å². The molecule has 4 rings (SSSR count). The van der Waals surface area contributed by atoms with E-state index >= 15 is 0 Å². The Morgan fingerprint density at radius 2 is 1.60 bits per heavy atom. The van der Waals surface area contributed by atoms with Crippen LogP contribution >= 0.6 is 0 Å². The molecule has 2 aliphatic rings. The number of nitrogens with zero attached hydrogens (tertiary/aromatic N) is 1. The molecule has 1 N–H and O–H groups in total.